The topological polar surface area (TPSA) is 58.2 Å². The Bertz CT molecular complexity index is 630. The second-order valence-electron chi connectivity index (χ2n) is 8.64. The Kier molecular flexibility index (Phi) is 4.30. The van der Waals surface area contributed by atoms with Crippen LogP contribution in [0.5, 0.6) is 0 Å². The molecule has 1 aromatic rings. The lowest BCUT2D eigenvalue weighted by molar-refractivity contribution is -0.147. The van der Waals surface area contributed by atoms with E-state index in [9.17, 15) is 9.59 Å². The summed E-state index contributed by atoms with van der Waals surface area (Å²) in [6.45, 7) is 2.64. The molecule has 0 aromatic heterocycles. The van der Waals surface area contributed by atoms with Gasteiger partial charge in [-0.2, -0.15) is 0 Å². The molecule has 4 nitrogen and oxygen atoms in total. The molecule has 4 heteroatoms. The first kappa shape index (κ1) is 16.6. The predicted octanol–water partition coefficient (Wildman–Crippen LogP) is 2.94. The molecule has 0 spiro atoms. The van der Waals surface area contributed by atoms with Crippen LogP contribution < -0.4 is 10.6 Å². The molecule has 0 heterocycles. The van der Waals surface area contributed by atoms with Crippen molar-refractivity contribution in [2.75, 3.05) is 6.54 Å². The summed E-state index contributed by atoms with van der Waals surface area (Å²) in [5, 5.41) is 5.83. The van der Waals surface area contributed by atoms with Crippen molar-refractivity contribution < 1.29 is 9.59 Å². The van der Waals surface area contributed by atoms with Crippen LogP contribution in [0.25, 0.3) is 0 Å². The number of hydrogen-bond acceptors (Lipinski definition) is 2. The Morgan fingerprint density at radius 1 is 0.960 bits per heavy atom. The third-order valence-corrected chi connectivity index (χ3v) is 6.54. The van der Waals surface area contributed by atoms with Crippen LogP contribution in [0.1, 0.15) is 49.7 Å². The van der Waals surface area contributed by atoms with Crippen molar-refractivity contribution in [2.24, 2.45) is 23.2 Å². The minimum atomic E-state index is -0.175. The van der Waals surface area contributed by atoms with Crippen molar-refractivity contribution in [2.45, 2.75) is 52.0 Å². The first-order valence-electron chi connectivity index (χ1n) is 9.63. The lowest BCUT2D eigenvalue weighted by atomic mass is 9.49. The molecule has 0 saturated heterocycles. The summed E-state index contributed by atoms with van der Waals surface area (Å²) < 4.78 is 0. The normalized spacial score (nSPS) is 32.4. The molecule has 2 amide bonds. The zero-order valence-corrected chi connectivity index (χ0v) is 15.0. The largest absolute Gasteiger partial charge is 0.350 e. The molecule has 2 N–H and O–H groups in total. The summed E-state index contributed by atoms with van der Waals surface area (Å²) in [6, 6.07) is 8.11. The van der Waals surface area contributed by atoms with Gasteiger partial charge in [-0.15, -0.1) is 0 Å². The van der Waals surface area contributed by atoms with Crippen molar-refractivity contribution in [1.82, 2.24) is 10.6 Å². The zero-order valence-electron chi connectivity index (χ0n) is 15.0. The number of carbonyl (C=O) groups is 2. The first-order valence-corrected chi connectivity index (χ1v) is 9.63. The number of nitrogens with one attached hydrogen (secondary N) is 2. The summed E-state index contributed by atoms with van der Waals surface area (Å²) in [5.74, 6) is 2.24. The number of amides is 2. The smallest absolute Gasteiger partial charge is 0.239 e. The van der Waals surface area contributed by atoms with Gasteiger partial charge in [0, 0.05) is 12.0 Å². The van der Waals surface area contributed by atoms with Crippen LogP contribution in [0.15, 0.2) is 24.3 Å². The molecule has 134 valence electrons. The van der Waals surface area contributed by atoms with Gasteiger partial charge in [0.25, 0.3) is 0 Å². The second-order valence-corrected chi connectivity index (χ2v) is 8.64. The Labute approximate surface area is 149 Å². The van der Waals surface area contributed by atoms with Crippen molar-refractivity contribution in [3.63, 3.8) is 0 Å². The maximum Gasteiger partial charge on any atom is 0.239 e. The van der Waals surface area contributed by atoms with Crippen LogP contribution in [-0.2, 0) is 16.1 Å². The van der Waals surface area contributed by atoms with Gasteiger partial charge in [-0.05, 0) is 68.8 Å². The minimum absolute atomic E-state index is 0.0897. The maximum absolute atomic E-state index is 12.8. The monoisotopic (exact) mass is 340 g/mol. The molecule has 4 aliphatic carbocycles. The van der Waals surface area contributed by atoms with Gasteiger partial charge in [0.15, 0.2) is 0 Å². The van der Waals surface area contributed by atoms with Crippen LogP contribution in [0.4, 0.5) is 0 Å². The maximum atomic E-state index is 12.8. The van der Waals surface area contributed by atoms with E-state index in [1.54, 1.807) is 0 Å². The van der Waals surface area contributed by atoms with E-state index in [0.717, 1.165) is 42.6 Å². The van der Waals surface area contributed by atoms with Crippen LogP contribution in [0.3, 0.4) is 0 Å². The van der Waals surface area contributed by atoms with Gasteiger partial charge in [-0.25, -0.2) is 0 Å². The fourth-order valence-corrected chi connectivity index (χ4v) is 5.71. The van der Waals surface area contributed by atoms with Crippen molar-refractivity contribution in [3.05, 3.63) is 35.4 Å². The molecule has 4 saturated carbocycles. The Hall–Kier alpha value is -1.84. The third-order valence-electron chi connectivity index (χ3n) is 6.54. The summed E-state index contributed by atoms with van der Waals surface area (Å²) in [5.41, 5.74) is 2.11. The van der Waals surface area contributed by atoms with Crippen LogP contribution >= 0.6 is 0 Å². The quantitative estimate of drug-likeness (QED) is 0.866. The highest BCUT2D eigenvalue weighted by Gasteiger charge is 2.54. The molecule has 1 aromatic carbocycles. The Balaban J connectivity index is 1.27. The van der Waals surface area contributed by atoms with Crippen LogP contribution in [0, 0.1) is 30.1 Å². The van der Waals surface area contributed by atoms with Gasteiger partial charge in [-0.3, -0.25) is 9.59 Å². The summed E-state index contributed by atoms with van der Waals surface area (Å²) in [7, 11) is 0. The summed E-state index contributed by atoms with van der Waals surface area (Å²) in [6.07, 6.45) is 7.08. The zero-order chi connectivity index (χ0) is 17.4. The Morgan fingerprint density at radius 2 is 1.52 bits per heavy atom. The van der Waals surface area contributed by atoms with Gasteiger partial charge >= 0.3 is 0 Å². The van der Waals surface area contributed by atoms with Crippen LogP contribution in [-0.4, -0.2) is 18.4 Å². The second kappa shape index (κ2) is 6.47. The number of rotatable bonds is 5. The highest BCUT2D eigenvalue weighted by Crippen LogP contribution is 2.60. The van der Waals surface area contributed by atoms with Crippen molar-refractivity contribution >= 4 is 11.8 Å². The Morgan fingerprint density at radius 3 is 2.08 bits per heavy atom. The molecule has 4 fully saturated rings. The van der Waals surface area contributed by atoms with Gasteiger partial charge in [0.2, 0.25) is 11.8 Å². The van der Waals surface area contributed by atoms with E-state index in [1.807, 2.05) is 31.2 Å². The van der Waals surface area contributed by atoms with Gasteiger partial charge in [0.1, 0.15) is 0 Å². The standard InChI is InChI=1S/C21H28N2O2/c1-14-2-4-15(5-3-14)12-22-19(24)13-23-20(25)21-9-16-6-17(10-21)8-18(7-16)11-21/h2-5,16-18H,6-13H2,1H3,(H,22,24)(H,23,25). The molecule has 25 heavy (non-hydrogen) atoms. The molecule has 0 unspecified atom stereocenters. The van der Waals surface area contributed by atoms with Crippen LogP contribution in [0.2, 0.25) is 0 Å². The predicted molar refractivity (Wildman–Crippen MR) is 96.6 cm³/mol. The fraction of sp³-hybridized carbons (Fsp3) is 0.619. The lowest BCUT2D eigenvalue weighted by Gasteiger charge is -2.55. The number of aryl methyl sites for hydroxylation is 1. The van der Waals surface area contributed by atoms with E-state index in [4.69, 9.17) is 0 Å². The first-order chi connectivity index (χ1) is 12.0. The highest BCUT2D eigenvalue weighted by atomic mass is 16.2. The van der Waals surface area contributed by atoms with Gasteiger partial charge < -0.3 is 10.6 Å². The van der Waals surface area contributed by atoms with E-state index in [2.05, 4.69) is 10.6 Å². The number of benzene rings is 1. The average Bonchev–Trinajstić information content (AvgIpc) is 2.58. The molecular formula is C21H28N2O2. The molecular weight excluding hydrogens is 312 g/mol. The molecule has 4 bridgehead atoms. The SMILES string of the molecule is Cc1ccc(CNC(=O)CNC(=O)C23CC4CC(CC(C4)C2)C3)cc1. The lowest BCUT2D eigenvalue weighted by Crippen LogP contribution is -2.54. The van der Waals surface area contributed by atoms with E-state index in [0.29, 0.717) is 6.54 Å². The number of carbonyl (C=O) groups excluding carboxylic acids is 2. The summed E-state index contributed by atoms with van der Waals surface area (Å²) in [4.78, 5) is 24.9. The fourth-order valence-electron chi connectivity index (χ4n) is 5.71. The minimum Gasteiger partial charge on any atom is -0.350 e. The third kappa shape index (κ3) is 3.44. The number of hydrogen-bond donors (Lipinski definition) is 2. The van der Waals surface area contributed by atoms with Gasteiger partial charge in [-0.1, -0.05) is 29.8 Å². The molecule has 4 aliphatic rings. The van der Waals surface area contributed by atoms with E-state index in [1.165, 1.54) is 24.8 Å². The van der Waals surface area contributed by atoms with E-state index >= 15 is 0 Å². The van der Waals surface area contributed by atoms with E-state index in [-0.39, 0.29) is 23.8 Å². The molecule has 0 aliphatic heterocycles. The van der Waals surface area contributed by atoms with Crippen molar-refractivity contribution in [3.8, 4) is 0 Å². The van der Waals surface area contributed by atoms with Gasteiger partial charge in [0.05, 0.1) is 6.54 Å². The van der Waals surface area contributed by atoms with Crippen molar-refractivity contribution in [1.29, 1.82) is 0 Å². The highest BCUT2D eigenvalue weighted by molar-refractivity contribution is 5.88. The molecule has 0 radical (unpaired) electrons. The molecule has 5 rings (SSSR count). The average molecular weight is 340 g/mol. The van der Waals surface area contributed by atoms with E-state index < -0.39 is 0 Å². The summed E-state index contributed by atoms with van der Waals surface area (Å²) >= 11 is 0. The molecule has 0 atom stereocenters.